The molecule has 1 aromatic carbocycles. The zero-order valence-electron chi connectivity index (χ0n) is 11.7. The van der Waals surface area contributed by atoms with Gasteiger partial charge < -0.3 is 14.6 Å². The summed E-state index contributed by atoms with van der Waals surface area (Å²) < 4.78 is 10.7. The second-order valence-electron chi connectivity index (χ2n) is 4.78. The number of morpholine rings is 1. The maximum absolute atomic E-state index is 11.5. The Morgan fingerprint density at radius 2 is 2.00 bits per heavy atom. The van der Waals surface area contributed by atoms with Crippen LogP contribution in [-0.4, -0.2) is 54.9 Å². The smallest absolute Gasteiger partial charge is 0.321 e. The van der Waals surface area contributed by atoms with Crippen molar-refractivity contribution in [1.82, 2.24) is 4.90 Å². The third-order valence-corrected chi connectivity index (χ3v) is 3.43. The second-order valence-corrected chi connectivity index (χ2v) is 4.78. The lowest BCUT2D eigenvalue weighted by atomic mass is 10.0. The Balaban J connectivity index is 2.01. The Labute approximate surface area is 119 Å². The number of ether oxygens (including phenoxy) is 2. The second kappa shape index (κ2) is 7.26. The molecule has 1 aromatic rings. The minimum atomic E-state index is -0.777. The average Bonchev–Trinajstić information content (AvgIpc) is 2.47. The van der Waals surface area contributed by atoms with Crippen molar-refractivity contribution in [3.63, 3.8) is 0 Å². The predicted octanol–water partition coefficient (Wildman–Crippen LogP) is 1.41. The Morgan fingerprint density at radius 3 is 2.55 bits per heavy atom. The van der Waals surface area contributed by atoms with Crippen LogP contribution in [0.1, 0.15) is 12.5 Å². The molecule has 0 bridgehead atoms. The number of benzene rings is 1. The van der Waals surface area contributed by atoms with Gasteiger partial charge in [0.25, 0.3) is 0 Å². The van der Waals surface area contributed by atoms with Gasteiger partial charge in [-0.05, 0) is 31.0 Å². The van der Waals surface area contributed by atoms with E-state index in [0.29, 0.717) is 39.3 Å². The van der Waals surface area contributed by atoms with Gasteiger partial charge in [-0.2, -0.15) is 0 Å². The first-order chi connectivity index (χ1) is 9.70. The van der Waals surface area contributed by atoms with Crippen molar-refractivity contribution in [2.45, 2.75) is 19.4 Å². The number of aliphatic carboxylic acids is 1. The van der Waals surface area contributed by atoms with E-state index >= 15 is 0 Å². The maximum Gasteiger partial charge on any atom is 0.321 e. The highest BCUT2D eigenvalue weighted by Gasteiger charge is 2.27. The summed E-state index contributed by atoms with van der Waals surface area (Å²) in [6, 6.07) is 7.15. The molecule has 1 aliphatic heterocycles. The van der Waals surface area contributed by atoms with E-state index in [1.165, 1.54) is 0 Å². The quantitative estimate of drug-likeness (QED) is 0.853. The first kappa shape index (κ1) is 14.8. The van der Waals surface area contributed by atoms with E-state index in [2.05, 4.69) is 0 Å². The lowest BCUT2D eigenvalue weighted by molar-refractivity contribution is -0.145. The van der Waals surface area contributed by atoms with E-state index in [4.69, 9.17) is 9.47 Å². The van der Waals surface area contributed by atoms with Crippen LogP contribution in [-0.2, 0) is 16.0 Å². The normalized spacial score (nSPS) is 17.6. The lowest BCUT2D eigenvalue weighted by Gasteiger charge is -2.32. The molecule has 110 valence electrons. The fraction of sp³-hybridized carbons (Fsp3) is 0.533. The van der Waals surface area contributed by atoms with E-state index in [0.717, 1.165) is 11.3 Å². The predicted molar refractivity (Wildman–Crippen MR) is 75.1 cm³/mol. The van der Waals surface area contributed by atoms with Crippen molar-refractivity contribution in [3.8, 4) is 5.75 Å². The molecule has 1 fully saturated rings. The Hall–Kier alpha value is -1.59. The van der Waals surface area contributed by atoms with E-state index in [-0.39, 0.29) is 0 Å². The Morgan fingerprint density at radius 1 is 1.35 bits per heavy atom. The van der Waals surface area contributed by atoms with Gasteiger partial charge in [0.15, 0.2) is 0 Å². The van der Waals surface area contributed by atoms with Gasteiger partial charge in [-0.1, -0.05) is 12.1 Å². The molecule has 5 nitrogen and oxygen atoms in total. The summed E-state index contributed by atoms with van der Waals surface area (Å²) in [6.45, 7) is 5.12. The average molecular weight is 279 g/mol. The number of carboxylic acid groups (broad SMARTS) is 1. The van der Waals surface area contributed by atoms with Crippen LogP contribution in [0.4, 0.5) is 0 Å². The van der Waals surface area contributed by atoms with Crippen molar-refractivity contribution in [2.24, 2.45) is 0 Å². The van der Waals surface area contributed by atoms with Crippen LogP contribution in [0.2, 0.25) is 0 Å². The molecule has 1 N–H and O–H groups in total. The zero-order chi connectivity index (χ0) is 14.4. The number of hydrogen-bond acceptors (Lipinski definition) is 4. The highest BCUT2D eigenvalue weighted by Crippen LogP contribution is 2.16. The van der Waals surface area contributed by atoms with Gasteiger partial charge >= 0.3 is 5.97 Å². The van der Waals surface area contributed by atoms with Crippen molar-refractivity contribution < 1.29 is 19.4 Å². The van der Waals surface area contributed by atoms with Crippen molar-refractivity contribution >= 4 is 5.97 Å². The van der Waals surface area contributed by atoms with Crippen LogP contribution in [0.25, 0.3) is 0 Å². The standard InChI is InChI=1S/C15H21NO4/c1-2-20-13-5-3-12(4-6-13)11-14(15(17)18)16-7-9-19-10-8-16/h3-6,14H,2,7-11H2,1H3,(H,17,18). The first-order valence-electron chi connectivity index (χ1n) is 6.97. The Kier molecular flexibility index (Phi) is 5.38. The van der Waals surface area contributed by atoms with Crippen LogP contribution in [0.15, 0.2) is 24.3 Å². The summed E-state index contributed by atoms with van der Waals surface area (Å²) in [6.07, 6.45) is 0.502. The van der Waals surface area contributed by atoms with Gasteiger partial charge in [0.05, 0.1) is 19.8 Å². The van der Waals surface area contributed by atoms with E-state index in [1.54, 1.807) is 0 Å². The lowest BCUT2D eigenvalue weighted by Crippen LogP contribution is -2.48. The number of nitrogens with zero attached hydrogens (tertiary/aromatic N) is 1. The fourth-order valence-electron chi connectivity index (χ4n) is 2.37. The molecule has 1 unspecified atom stereocenters. The molecule has 1 aliphatic rings. The minimum Gasteiger partial charge on any atom is -0.494 e. The molecule has 20 heavy (non-hydrogen) atoms. The summed E-state index contributed by atoms with van der Waals surface area (Å²) in [4.78, 5) is 13.4. The molecule has 0 amide bonds. The number of rotatable bonds is 6. The van der Waals surface area contributed by atoms with Crippen molar-refractivity contribution in [2.75, 3.05) is 32.9 Å². The van der Waals surface area contributed by atoms with Gasteiger partial charge in [0.1, 0.15) is 11.8 Å². The van der Waals surface area contributed by atoms with Crippen LogP contribution in [0.3, 0.4) is 0 Å². The van der Waals surface area contributed by atoms with Gasteiger partial charge in [0, 0.05) is 13.1 Å². The molecule has 2 rings (SSSR count). The fourth-order valence-corrected chi connectivity index (χ4v) is 2.37. The zero-order valence-corrected chi connectivity index (χ0v) is 11.7. The van der Waals surface area contributed by atoms with Crippen molar-refractivity contribution in [3.05, 3.63) is 29.8 Å². The van der Waals surface area contributed by atoms with Gasteiger partial charge in [-0.3, -0.25) is 9.69 Å². The molecule has 1 heterocycles. The topological polar surface area (TPSA) is 59.0 Å². The third kappa shape index (κ3) is 3.95. The van der Waals surface area contributed by atoms with E-state index < -0.39 is 12.0 Å². The Bertz CT molecular complexity index is 426. The number of carboxylic acids is 1. The number of hydrogen-bond donors (Lipinski definition) is 1. The summed E-state index contributed by atoms with van der Waals surface area (Å²) in [5.41, 5.74) is 1.01. The highest BCUT2D eigenvalue weighted by atomic mass is 16.5. The molecule has 0 saturated carbocycles. The van der Waals surface area contributed by atoms with E-state index in [9.17, 15) is 9.90 Å². The van der Waals surface area contributed by atoms with E-state index in [1.807, 2.05) is 36.1 Å². The maximum atomic E-state index is 11.5. The summed E-state index contributed by atoms with van der Waals surface area (Å²) in [7, 11) is 0. The molecular formula is C15H21NO4. The largest absolute Gasteiger partial charge is 0.494 e. The molecule has 0 aliphatic carbocycles. The molecule has 5 heteroatoms. The molecular weight excluding hydrogens is 258 g/mol. The van der Waals surface area contributed by atoms with Crippen LogP contribution < -0.4 is 4.74 Å². The minimum absolute atomic E-state index is 0.489. The summed E-state index contributed by atoms with van der Waals surface area (Å²) in [5.74, 6) is 0.0373. The van der Waals surface area contributed by atoms with Crippen LogP contribution in [0, 0.1) is 0 Å². The van der Waals surface area contributed by atoms with Gasteiger partial charge in [0.2, 0.25) is 0 Å². The van der Waals surface area contributed by atoms with Crippen LogP contribution >= 0.6 is 0 Å². The molecule has 1 atom stereocenters. The highest BCUT2D eigenvalue weighted by molar-refractivity contribution is 5.74. The summed E-state index contributed by atoms with van der Waals surface area (Å²) >= 11 is 0. The monoisotopic (exact) mass is 279 g/mol. The molecule has 0 radical (unpaired) electrons. The van der Waals surface area contributed by atoms with Gasteiger partial charge in [-0.25, -0.2) is 0 Å². The summed E-state index contributed by atoms with van der Waals surface area (Å²) in [5, 5.41) is 9.42. The van der Waals surface area contributed by atoms with Gasteiger partial charge in [-0.15, -0.1) is 0 Å². The SMILES string of the molecule is CCOc1ccc(CC(C(=O)O)N2CCOCC2)cc1. The molecule has 0 spiro atoms. The van der Waals surface area contributed by atoms with Crippen LogP contribution in [0.5, 0.6) is 5.75 Å². The molecule has 0 aromatic heterocycles. The van der Waals surface area contributed by atoms with Crippen molar-refractivity contribution in [1.29, 1.82) is 0 Å². The third-order valence-electron chi connectivity index (χ3n) is 3.43. The molecule has 1 saturated heterocycles. The first-order valence-corrected chi connectivity index (χ1v) is 6.97. The number of carbonyl (C=O) groups is 1.